The second-order valence-corrected chi connectivity index (χ2v) is 7.48. The maximum atomic E-state index is 12.7. The van der Waals surface area contributed by atoms with Crippen LogP contribution in [0.25, 0.3) is 0 Å². The van der Waals surface area contributed by atoms with E-state index in [9.17, 15) is 25.0 Å². The molecule has 32 heavy (non-hydrogen) atoms. The first kappa shape index (κ1) is 23.0. The van der Waals surface area contributed by atoms with Crippen LogP contribution in [-0.4, -0.2) is 25.5 Å². The summed E-state index contributed by atoms with van der Waals surface area (Å²) in [6, 6.07) is 7.25. The molecule has 0 radical (unpaired) electrons. The second kappa shape index (κ2) is 9.20. The topological polar surface area (TPSA) is 142 Å². The second-order valence-electron chi connectivity index (χ2n) is 6.63. The zero-order valence-electron chi connectivity index (χ0n) is 16.6. The molecule has 1 heterocycles. The number of nitrogens with one attached hydrogen (secondary N) is 1. The van der Waals surface area contributed by atoms with Gasteiger partial charge in [0.2, 0.25) is 5.91 Å². The van der Waals surface area contributed by atoms with Crippen molar-refractivity contribution in [3.05, 3.63) is 78.6 Å². The summed E-state index contributed by atoms with van der Waals surface area (Å²) >= 11 is 11.9. The van der Waals surface area contributed by atoms with Crippen molar-refractivity contribution in [3.63, 3.8) is 0 Å². The minimum absolute atomic E-state index is 0.0530. The first-order valence-electron chi connectivity index (χ1n) is 8.98. The van der Waals surface area contributed by atoms with E-state index in [-0.39, 0.29) is 39.3 Å². The van der Waals surface area contributed by atoms with Crippen molar-refractivity contribution < 1.29 is 19.4 Å². The number of ether oxygens (including phenoxy) is 1. The molecule has 1 aromatic heterocycles. The number of carbonyl (C=O) groups excluding carboxylic acids is 1. The van der Waals surface area contributed by atoms with Gasteiger partial charge in [-0.3, -0.25) is 29.7 Å². The summed E-state index contributed by atoms with van der Waals surface area (Å²) in [6.45, 7) is 2.95. The average Bonchev–Trinajstić information content (AvgIpc) is 3.10. The summed E-state index contributed by atoms with van der Waals surface area (Å²) in [7, 11) is 0. The van der Waals surface area contributed by atoms with E-state index in [0.29, 0.717) is 5.02 Å². The molecule has 13 heteroatoms. The van der Waals surface area contributed by atoms with E-state index in [1.165, 1.54) is 48.9 Å². The Bertz CT molecular complexity index is 1230. The molecule has 0 aliphatic rings. The number of non-ortho nitro benzene ring substituents is 1. The van der Waals surface area contributed by atoms with E-state index in [1.54, 1.807) is 0 Å². The normalized spacial score (nSPS) is 11.6. The summed E-state index contributed by atoms with van der Waals surface area (Å²) < 4.78 is 6.82. The van der Waals surface area contributed by atoms with Gasteiger partial charge in [-0.2, -0.15) is 5.10 Å². The molecule has 11 nitrogen and oxygen atoms in total. The number of nitro groups is 2. The molecule has 0 aliphatic heterocycles. The highest BCUT2D eigenvalue weighted by atomic mass is 35.5. The van der Waals surface area contributed by atoms with Crippen molar-refractivity contribution in [3.8, 4) is 11.5 Å². The van der Waals surface area contributed by atoms with Gasteiger partial charge in [-0.25, -0.2) is 0 Å². The monoisotopic (exact) mass is 479 g/mol. The van der Waals surface area contributed by atoms with E-state index in [2.05, 4.69) is 10.4 Å². The minimum atomic E-state index is -0.932. The van der Waals surface area contributed by atoms with E-state index in [0.717, 1.165) is 12.3 Å². The molecule has 166 valence electrons. The number of anilines is 1. The third-order valence-electron chi connectivity index (χ3n) is 4.45. The van der Waals surface area contributed by atoms with Crippen LogP contribution in [-0.2, 0) is 4.79 Å². The number of nitro benzene ring substituents is 1. The fraction of sp³-hybridized carbons (Fsp3) is 0.158. The molecule has 1 unspecified atom stereocenters. The van der Waals surface area contributed by atoms with Crippen LogP contribution < -0.4 is 10.1 Å². The zero-order valence-corrected chi connectivity index (χ0v) is 18.1. The lowest BCUT2D eigenvalue weighted by Gasteiger charge is -2.15. The number of aromatic nitrogens is 2. The van der Waals surface area contributed by atoms with Crippen LogP contribution in [0, 0.1) is 27.2 Å². The molecule has 1 amide bonds. The van der Waals surface area contributed by atoms with Crippen molar-refractivity contribution >= 4 is 46.2 Å². The third-order valence-corrected chi connectivity index (χ3v) is 4.98. The first-order chi connectivity index (χ1) is 15.1. The van der Waals surface area contributed by atoms with Crippen LogP contribution in [0.5, 0.6) is 11.5 Å². The average molecular weight is 480 g/mol. The molecule has 3 aromatic rings. The molecule has 0 aliphatic carbocycles. The lowest BCUT2D eigenvalue weighted by molar-refractivity contribution is -0.385. The number of hydrogen-bond donors (Lipinski definition) is 1. The maximum absolute atomic E-state index is 12.7. The minimum Gasteiger partial charge on any atom is -0.455 e. The summed E-state index contributed by atoms with van der Waals surface area (Å²) in [6.07, 6.45) is 1.05. The Morgan fingerprint density at radius 1 is 1.16 bits per heavy atom. The SMILES string of the molecule is Cc1c([N+](=O)[O-])cnn1C(C)C(=O)Nc1cc(Oc2ccc(Cl)cc2Cl)cc([N+](=O)[O-])c1. The molecule has 0 spiro atoms. The molecule has 1 atom stereocenters. The Kier molecular flexibility index (Phi) is 6.61. The highest BCUT2D eigenvalue weighted by Crippen LogP contribution is 2.35. The summed E-state index contributed by atoms with van der Waals surface area (Å²) in [5.41, 5.74) is -0.287. The van der Waals surface area contributed by atoms with Crippen LogP contribution in [0.2, 0.25) is 10.0 Å². The van der Waals surface area contributed by atoms with Gasteiger partial charge in [0.1, 0.15) is 29.4 Å². The number of hydrogen-bond acceptors (Lipinski definition) is 7. The van der Waals surface area contributed by atoms with E-state index in [4.69, 9.17) is 27.9 Å². The van der Waals surface area contributed by atoms with Gasteiger partial charge in [0, 0.05) is 17.2 Å². The van der Waals surface area contributed by atoms with Crippen LogP contribution in [0.1, 0.15) is 18.7 Å². The van der Waals surface area contributed by atoms with Gasteiger partial charge in [0.15, 0.2) is 0 Å². The summed E-state index contributed by atoms with van der Waals surface area (Å²) in [5.74, 6) is -0.332. The lowest BCUT2D eigenvalue weighted by Crippen LogP contribution is -2.25. The Hall–Kier alpha value is -3.70. The van der Waals surface area contributed by atoms with Crippen molar-refractivity contribution in [2.24, 2.45) is 0 Å². The van der Waals surface area contributed by atoms with Gasteiger partial charge in [0.25, 0.3) is 5.69 Å². The fourth-order valence-electron chi connectivity index (χ4n) is 2.85. The summed E-state index contributed by atoms with van der Waals surface area (Å²) in [5, 5.41) is 29.4. The number of amides is 1. The quantitative estimate of drug-likeness (QED) is 0.357. The lowest BCUT2D eigenvalue weighted by atomic mass is 10.2. The molecule has 3 rings (SSSR count). The Morgan fingerprint density at radius 3 is 2.47 bits per heavy atom. The number of nitrogens with zero attached hydrogens (tertiary/aromatic N) is 4. The van der Waals surface area contributed by atoms with Gasteiger partial charge in [-0.15, -0.1) is 0 Å². The molecule has 0 saturated carbocycles. The maximum Gasteiger partial charge on any atom is 0.309 e. The Labute approximate surface area is 190 Å². The fourth-order valence-corrected chi connectivity index (χ4v) is 3.29. The smallest absolute Gasteiger partial charge is 0.309 e. The van der Waals surface area contributed by atoms with Crippen LogP contribution in [0.4, 0.5) is 17.1 Å². The summed E-state index contributed by atoms with van der Waals surface area (Å²) in [4.78, 5) is 33.8. The zero-order chi connectivity index (χ0) is 23.6. The van der Waals surface area contributed by atoms with E-state index >= 15 is 0 Å². The molecular weight excluding hydrogens is 465 g/mol. The van der Waals surface area contributed by atoms with Gasteiger partial charge in [-0.05, 0) is 32.0 Å². The molecule has 1 N–H and O–H groups in total. The van der Waals surface area contributed by atoms with Crippen LogP contribution >= 0.6 is 23.2 Å². The molecule has 0 saturated heterocycles. The van der Waals surface area contributed by atoms with Crippen molar-refractivity contribution in [2.45, 2.75) is 19.9 Å². The first-order valence-corrected chi connectivity index (χ1v) is 9.74. The van der Waals surface area contributed by atoms with Crippen LogP contribution in [0.3, 0.4) is 0 Å². The predicted octanol–water partition coefficient (Wildman–Crippen LogP) is 5.31. The Balaban J connectivity index is 1.87. The van der Waals surface area contributed by atoms with E-state index in [1.807, 2.05) is 0 Å². The van der Waals surface area contributed by atoms with Gasteiger partial charge in [-0.1, -0.05) is 23.2 Å². The van der Waals surface area contributed by atoms with Gasteiger partial charge in [0.05, 0.1) is 26.6 Å². The number of rotatable bonds is 7. The van der Waals surface area contributed by atoms with Crippen molar-refractivity contribution in [1.29, 1.82) is 0 Å². The molecular formula is C19H15Cl2N5O6. The number of carbonyl (C=O) groups is 1. The largest absolute Gasteiger partial charge is 0.455 e. The number of halogens is 2. The van der Waals surface area contributed by atoms with Gasteiger partial charge < -0.3 is 10.1 Å². The Morgan fingerprint density at radius 2 is 1.88 bits per heavy atom. The standard InChI is InChI=1S/C19H15Cl2N5O6/c1-10-17(26(30)31)9-22-24(10)11(2)19(27)23-13-6-14(25(28)29)8-15(7-13)32-18-4-3-12(20)5-16(18)21/h3-9,11H,1-2H3,(H,23,27). The molecule has 0 bridgehead atoms. The number of benzene rings is 2. The molecule has 2 aromatic carbocycles. The van der Waals surface area contributed by atoms with E-state index < -0.39 is 21.8 Å². The van der Waals surface area contributed by atoms with Crippen molar-refractivity contribution in [1.82, 2.24) is 9.78 Å². The third kappa shape index (κ3) is 4.95. The highest BCUT2D eigenvalue weighted by molar-refractivity contribution is 6.35. The highest BCUT2D eigenvalue weighted by Gasteiger charge is 2.24. The van der Waals surface area contributed by atoms with Crippen molar-refractivity contribution in [2.75, 3.05) is 5.32 Å². The van der Waals surface area contributed by atoms with Crippen LogP contribution in [0.15, 0.2) is 42.6 Å². The molecule has 0 fully saturated rings. The predicted molar refractivity (Wildman–Crippen MR) is 117 cm³/mol. The van der Waals surface area contributed by atoms with Gasteiger partial charge >= 0.3 is 5.69 Å².